The highest BCUT2D eigenvalue weighted by molar-refractivity contribution is 5.98. The van der Waals surface area contributed by atoms with Crippen molar-refractivity contribution < 1.29 is 33.7 Å². The normalized spacial score (nSPS) is 12.1. The van der Waals surface area contributed by atoms with Gasteiger partial charge in [0.15, 0.2) is 11.5 Å². The Morgan fingerprint density at radius 3 is 1.95 bits per heavy atom. The van der Waals surface area contributed by atoms with Crippen molar-refractivity contribution in [1.29, 1.82) is 0 Å². The summed E-state index contributed by atoms with van der Waals surface area (Å²) in [5.74, 6) is -1.62. The topological polar surface area (TPSA) is 123 Å². The Labute approximate surface area is 221 Å². The van der Waals surface area contributed by atoms with E-state index in [1.54, 1.807) is 24.3 Å². The fourth-order valence-corrected chi connectivity index (χ4v) is 3.92. The van der Waals surface area contributed by atoms with E-state index in [9.17, 15) is 19.5 Å². The summed E-state index contributed by atoms with van der Waals surface area (Å²) in [5.41, 5.74) is 2.98. The first-order valence-corrected chi connectivity index (χ1v) is 12.0. The van der Waals surface area contributed by atoms with Crippen LogP contribution in [0.1, 0.15) is 29.3 Å². The first-order valence-electron chi connectivity index (χ1n) is 12.0. The van der Waals surface area contributed by atoms with Gasteiger partial charge in [0, 0.05) is 12.1 Å². The smallest absolute Gasteiger partial charge is 0.306 e. The van der Waals surface area contributed by atoms with Crippen molar-refractivity contribution >= 4 is 17.8 Å². The Balaban J connectivity index is 1.74. The summed E-state index contributed by atoms with van der Waals surface area (Å²) in [7, 11) is 4.48. The number of aliphatic carboxylic acids is 1. The predicted molar refractivity (Wildman–Crippen MR) is 142 cm³/mol. The van der Waals surface area contributed by atoms with Crippen LogP contribution in [0.15, 0.2) is 66.7 Å². The van der Waals surface area contributed by atoms with Crippen LogP contribution in [0.4, 0.5) is 0 Å². The molecule has 0 unspecified atom stereocenters. The van der Waals surface area contributed by atoms with Crippen molar-refractivity contribution in [2.24, 2.45) is 5.92 Å². The average molecular weight is 521 g/mol. The van der Waals surface area contributed by atoms with Gasteiger partial charge in [0.2, 0.25) is 11.7 Å². The first kappa shape index (κ1) is 28.0. The van der Waals surface area contributed by atoms with E-state index in [0.29, 0.717) is 28.4 Å². The molecule has 0 radical (unpaired) electrons. The SMILES string of the molecule is COc1cc(CNC(=O)[C@H](C[C@H](C)C(=O)O)NC(=O)c2ccc(-c3ccccc3)cc2)cc(OC)c1OC. The van der Waals surface area contributed by atoms with Gasteiger partial charge in [-0.05, 0) is 47.4 Å². The number of ether oxygens (including phenoxy) is 3. The number of benzene rings is 3. The lowest BCUT2D eigenvalue weighted by Crippen LogP contribution is -2.47. The summed E-state index contributed by atoms with van der Waals surface area (Å²) in [6.07, 6.45) is -0.0791. The number of carbonyl (C=O) groups is 3. The molecule has 0 aliphatic rings. The van der Waals surface area contributed by atoms with E-state index >= 15 is 0 Å². The highest BCUT2D eigenvalue weighted by Gasteiger charge is 2.26. The lowest BCUT2D eigenvalue weighted by molar-refractivity contribution is -0.141. The monoisotopic (exact) mass is 520 g/mol. The van der Waals surface area contributed by atoms with Gasteiger partial charge in [-0.25, -0.2) is 0 Å². The molecule has 0 fully saturated rings. The zero-order valence-corrected chi connectivity index (χ0v) is 21.8. The second-order valence-electron chi connectivity index (χ2n) is 8.70. The molecule has 38 heavy (non-hydrogen) atoms. The third kappa shape index (κ3) is 7.03. The number of nitrogens with one attached hydrogen (secondary N) is 2. The molecule has 0 aromatic heterocycles. The number of methoxy groups -OCH3 is 3. The quantitative estimate of drug-likeness (QED) is 0.331. The van der Waals surface area contributed by atoms with Gasteiger partial charge in [-0.2, -0.15) is 0 Å². The molecule has 200 valence electrons. The minimum atomic E-state index is -1.07. The molecule has 9 heteroatoms. The molecule has 0 bridgehead atoms. The Morgan fingerprint density at radius 1 is 0.842 bits per heavy atom. The van der Waals surface area contributed by atoms with E-state index in [4.69, 9.17) is 14.2 Å². The molecule has 0 saturated heterocycles. The Morgan fingerprint density at radius 2 is 1.42 bits per heavy atom. The maximum Gasteiger partial charge on any atom is 0.306 e. The molecule has 9 nitrogen and oxygen atoms in total. The molecule has 3 aromatic carbocycles. The van der Waals surface area contributed by atoms with Crippen molar-refractivity contribution in [3.8, 4) is 28.4 Å². The van der Waals surface area contributed by atoms with Gasteiger partial charge in [-0.1, -0.05) is 49.4 Å². The number of amides is 2. The van der Waals surface area contributed by atoms with Crippen LogP contribution in [0.2, 0.25) is 0 Å². The molecular formula is C29H32N2O7. The third-order valence-electron chi connectivity index (χ3n) is 6.08. The number of carboxylic acids is 1. The first-order chi connectivity index (χ1) is 18.3. The Bertz CT molecular complexity index is 1230. The highest BCUT2D eigenvalue weighted by atomic mass is 16.5. The van der Waals surface area contributed by atoms with Crippen LogP contribution in [0.3, 0.4) is 0 Å². The lowest BCUT2D eigenvalue weighted by Gasteiger charge is -2.21. The van der Waals surface area contributed by atoms with E-state index in [1.165, 1.54) is 28.3 Å². The van der Waals surface area contributed by atoms with Gasteiger partial charge in [-0.15, -0.1) is 0 Å². The maximum absolute atomic E-state index is 13.1. The summed E-state index contributed by atoms with van der Waals surface area (Å²) in [6, 6.07) is 19.0. The number of carbonyl (C=O) groups excluding carboxylic acids is 2. The van der Waals surface area contributed by atoms with Crippen LogP contribution in [-0.4, -0.2) is 50.3 Å². The van der Waals surface area contributed by atoms with Crippen molar-refractivity contribution in [3.05, 3.63) is 77.9 Å². The standard InChI is InChI=1S/C29H32N2O7/c1-18(29(34)35)14-23(28(33)30-17-19-15-24(36-2)26(38-4)25(16-19)37-3)31-27(32)22-12-10-21(11-13-22)20-8-6-5-7-9-20/h5-13,15-16,18,23H,14,17H2,1-4H3,(H,30,33)(H,31,32)(H,34,35)/t18-,23-/m0/s1. The Kier molecular flexibility index (Phi) is 9.70. The van der Waals surface area contributed by atoms with Crippen LogP contribution < -0.4 is 24.8 Å². The van der Waals surface area contributed by atoms with E-state index < -0.39 is 29.7 Å². The van der Waals surface area contributed by atoms with E-state index in [2.05, 4.69) is 10.6 Å². The maximum atomic E-state index is 13.1. The minimum Gasteiger partial charge on any atom is -0.493 e. The van der Waals surface area contributed by atoms with Crippen molar-refractivity contribution in [2.75, 3.05) is 21.3 Å². The molecule has 0 aliphatic carbocycles. The van der Waals surface area contributed by atoms with Crippen LogP contribution in [-0.2, 0) is 16.1 Å². The lowest BCUT2D eigenvalue weighted by atomic mass is 10.00. The number of hydrogen-bond acceptors (Lipinski definition) is 6. The zero-order chi connectivity index (χ0) is 27.7. The minimum absolute atomic E-state index is 0.0791. The zero-order valence-electron chi connectivity index (χ0n) is 21.8. The van der Waals surface area contributed by atoms with Crippen molar-refractivity contribution in [2.45, 2.75) is 25.9 Å². The second kappa shape index (κ2) is 13.1. The van der Waals surface area contributed by atoms with E-state index in [-0.39, 0.29) is 13.0 Å². The van der Waals surface area contributed by atoms with Crippen molar-refractivity contribution in [3.63, 3.8) is 0 Å². The molecule has 0 aliphatic heterocycles. The summed E-state index contributed by atoms with van der Waals surface area (Å²) < 4.78 is 16.0. The fraction of sp³-hybridized carbons (Fsp3) is 0.276. The molecule has 2 amide bonds. The van der Waals surface area contributed by atoms with E-state index in [0.717, 1.165) is 11.1 Å². The van der Waals surface area contributed by atoms with E-state index in [1.807, 2.05) is 42.5 Å². The fourth-order valence-electron chi connectivity index (χ4n) is 3.92. The van der Waals surface area contributed by atoms with Gasteiger partial charge >= 0.3 is 5.97 Å². The third-order valence-corrected chi connectivity index (χ3v) is 6.08. The number of carboxylic acid groups (broad SMARTS) is 1. The van der Waals surface area contributed by atoms with Crippen LogP contribution >= 0.6 is 0 Å². The highest BCUT2D eigenvalue weighted by Crippen LogP contribution is 2.38. The van der Waals surface area contributed by atoms with Crippen LogP contribution in [0, 0.1) is 5.92 Å². The molecular weight excluding hydrogens is 488 g/mol. The molecule has 3 rings (SSSR count). The van der Waals surface area contributed by atoms with Crippen LogP contribution in [0.5, 0.6) is 17.2 Å². The summed E-state index contributed by atoms with van der Waals surface area (Å²) in [5, 5.41) is 14.9. The molecule has 3 aromatic rings. The molecule has 3 N–H and O–H groups in total. The van der Waals surface area contributed by atoms with Crippen molar-refractivity contribution in [1.82, 2.24) is 10.6 Å². The number of rotatable bonds is 12. The van der Waals surface area contributed by atoms with Gasteiger partial charge in [-0.3, -0.25) is 14.4 Å². The largest absolute Gasteiger partial charge is 0.493 e. The molecule has 2 atom stereocenters. The molecule has 0 spiro atoms. The van der Waals surface area contributed by atoms with Crippen LogP contribution in [0.25, 0.3) is 11.1 Å². The van der Waals surface area contributed by atoms with Gasteiger partial charge in [0.05, 0.1) is 27.2 Å². The average Bonchev–Trinajstić information content (AvgIpc) is 2.95. The summed E-state index contributed by atoms with van der Waals surface area (Å²) in [6.45, 7) is 1.58. The predicted octanol–water partition coefficient (Wildman–Crippen LogP) is 3.91. The van der Waals surface area contributed by atoms with Gasteiger partial charge < -0.3 is 30.0 Å². The molecule has 0 heterocycles. The number of hydrogen-bond donors (Lipinski definition) is 3. The summed E-state index contributed by atoms with van der Waals surface area (Å²) >= 11 is 0. The Hall–Kier alpha value is -4.53. The molecule has 0 saturated carbocycles. The summed E-state index contributed by atoms with van der Waals surface area (Å²) in [4.78, 5) is 37.6. The van der Waals surface area contributed by atoms with Gasteiger partial charge in [0.25, 0.3) is 5.91 Å². The van der Waals surface area contributed by atoms with Gasteiger partial charge in [0.1, 0.15) is 6.04 Å². The second-order valence-corrected chi connectivity index (χ2v) is 8.70.